The number of rotatable bonds is 3. The molecule has 0 radical (unpaired) electrons. The molecule has 0 heterocycles. The van der Waals surface area contributed by atoms with Gasteiger partial charge in [0, 0.05) is 11.6 Å². The van der Waals surface area contributed by atoms with E-state index in [0.29, 0.717) is 5.69 Å². The van der Waals surface area contributed by atoms with Gasteiger partial charge in [-0.3, -0.25) is 10.1 Å². The van der Waals surface area contributed by atoms with Gasteiger partial charge in [0.2, 0.25) is 0 Å². The molecule has 0 spiro atoms. The third kappa shape index (κ3) is 4.25. The summed E-state index contributed by atoms with van der Waals surface area (Å²) in [6.45, 7) is 12.3. The first kappa shape index (κ1) is 19.6. The Hall–Kier alpha value is -2.76. The number of hydrogen-bond acceptors (Lipinski definition) is 5. The maximum Gasteiger partial charge on any atom is 0.296 e. The largest absolute Gasteiger partial charge is 0.505 e. The number of nitro groups is 1. The molecule has 2 aromatic carbocycles. The fraction of sp³-hybridized carbons (Fsp3) is 0.400. The number of aromatic hydroxyl groups is 1. The highest BCUT2D eigenvalue weighted by Crippen LogP contribution is 2.42. The van der Waals surface area contributed by atoms with Gasteiger partial charge in [0.15, 0.2) is 5.69 Å². The van der Waals surface area contributed by atoms with Gasteiger partial charge >= 0.3 is 0 Å². The Bertz CT molecular complexity index is 860. The number of phenolic OH excluding ortho intramolecular Hbond substituents is 1. The van der Waals surface area contributed by atoms with Crippen molar-refractivity contribution >= 4 is 17.1 Å². The average Bonchev–Trinajstić information content (AvgIpc) is 2.51. The summed E-state index contributed by atoms with van der Waals surface area (Å²) < 4.78 is 0. The fourth-order valence-electron chi connectivity index (χ4n) is 2.51. The van der Waals surface area contributed by atoms with Crippen LogP contribution < -0.4 is 0 Å². The molecule has 0 saturated carbocycles. The molecule has 0 amide bonds. The topological polar surface area (TPSA) is 88.1 Å². The molecule has 1 N–H and O–H groups in total. The molecule has 2 rings (SSSR count). The molecule has 0 atom stereocenters. The maximum atomic E-state index is 11.1. The third-order valence-corrected chi connectivity index (χ3v) is 4.11. The Labute approximate surface area is 153 Å². The lowest BCUT2D eigenvalue weighted by molar-refractivity contribution is -0.384. The second kappa shape index (κ2) is 6.86. The molecule has 0 fully saturated rings. The van der Waals surface area contributed by atoms with E-state index < -0.39 is 4.92 Å². The standard InChI is InChI=1S/C20H25N3O3/c1-19(2,3)13-11-14(20(4,5)6)18(24)16(12-13)22-21-15-9-7-8-10-17(15)23(25)26/h7-12,24H,1-6H3/b22-21+. The van der Waals surface area contributed by atoms with Crippen LogP contribution in [0.2, 0.25) is 0 Å². The summed E-state index contributed by atoms with van der Waals surface area (Å²) >= 11 is 0. The smallest absolute Gasteiger partial charge is 0.296 e. The highest BCUT2D eigenvalue weighted by atomic mass is 16.6. The van der Waals surface area contributed by atoms with Crippen molar-refractivity contribution in [3.05, 3.63) is 57.6 Å². The lowest BCUT2D eigenvalue weighted by Gasteiger charge is -2.26. The minimum absolute atomic E-state index is 0.0489. The number of nitrogens with zero attached hydrogens (tertiary/aromatic N) is 3. The van der Waals surface area contributed by atoms with Gasteiger partial charge in [0.25, 0.3) is 5.69 Å². The second-order valence-electron chi connectivity index (χ2n) is 8.34. The molecule has 0 aliphatic carbocycles. The van der Waals surface area contributed by atoms with E-state index in [4.69, 9.17) is 0 Å². The van der Waals surface area contributed by atoms with Crippen molar-refractivity contribution in [1.29, 1.82) is 0 Å². The van der Waals surface area contributed by atoms with Crippen LogP contribution in [0.25, 0.3) is 0 Å². The summed E-state index contributed by atoms with van der Waals surface area (Å²) in [4.78, 5) is 10.6. The highest BCUT2D eigenvalue weighted by Gasteiger charge is 2.25. The molecule has 0 aliphatic rings. The maximum absolute atomic E-state index is 11.1. The van der Waals surface area contributed by atoms with Gasteiger partial charge in [-0.2, -0.15) is 0 Å². The van der Waals surface area contributed by atoms with E-state index in [1.54, 1.807) is 18.2 Å². The first-order valence-corrected chi connectivity index (χ1v) is 8.44. The Kier molecular flexibility index (Phi) is 5.16. The molecule has 26 heavy (non-hydrogen) atoms. The predicted molar refractivity (Wildman–Crippen MR) is 103 cm³/mol. The number of hydrogen-bond donors (Lipinski definition) is 1. The zero-order valence-corrected chi connectivity index (χ0v) is 16.1. The van der Waals surface area contributed by atoms with Crippen molar-refractivity contribution in [2.24, 2.45) is 10.2 Å². The molecular formula is C20H25N3O3. The quantitative estimate of drug-likeness (QED) is 0.397. The summed E-state index contributed by atoms with van der Waals surface area (Å²) in [6.07, 6.45) is 0. The number of azo groups is 1. The van der Waals surface area contributed by atoms with Crippen LogP contribution in [0.4, 0.5) is 17.1 Å². The Morgan fingerprint density at radius 1 is 0.923 bits per heavy atom. The van der Waals surface area contributed by atoms with Crippen molar-refractivity contribution in [2.75, 3.05) is 0 Å². The van der Waals surface area contributed by atoms with Crippen LogP contribution in [0.15, 0.2) is 46.6 Å². The van der Waals surface area contributed by atoms with Crippen molar-refractivity contribution in [3.63, 3.8) is 0 Å². The first-order valence-electron chi connectivity index (χ1n) is 8.44. The Morgan fingerprint density at radius 2 is 1.50 bits per heavy atom. The normalized spacial score (nSPS) is 12.5. The van der Waals surface area contributed by atoms with Crippen LogP contribution in [0.3, 0.4) is 0 Å². The van der Waals surface area contributed by atoms with E-state index in [1.165, 1.54) is 12.1 Å². The van der Waals surface area contributed by atoms with Gasteiger partial charge in [-0.1, -0.05) is 59.7 Å². The highest BCUT2D eigenvalue weighted by molar-refractivity contribution is 5.61. The van der Waals surface area contributed by atoms with Gasteiger partial charge in [0.1, 0.15) is 11.4 Å². The van der Waals surface area contributed by atoms with E-state index >= 15 is 0 Å². The van der Waals surface area contributed by atoms with Crippen LogP contribution in [0, 0.1) is 10.1 Å². The summed E-state index contributed by atoms with van der Waals surface area (Å²) in [5, 5.41) is 30.0. The van der Waals surface area contributed by atoms with E-state index in [9.17, 15) is 15.2 Å². The van der Waals surface area contributed by atoms with Gasteiger partial charge in [-0.05, 0) is 28.5 Å². The average molecular weight is 355 g/mol. The van der Waals surface area contributed by atoms with Crippen molar-refractivity contribution in [2.45, 2.75) is 52.4 Å². The van der Waals surface area contributed by atoms with Crippen molar-refractivity contribution < 1.29 is 10.0 Å². The molecule has 0 bridgehead atoms. The summed E-state index contributed by atoms with van der Waals surface area (Å²) in [5.74, 6) is 0.0489. The number of para-hydroxylation sites is 1. The minimum Gasteiger partial charge on any atom is -0.505 e. The first-order chi connectivity index (χ1) is 11.9. The fourth-order valence-corrected chi connectivity index (χ4v) is 2.51. The lowest BCUT2D eigenvalue weighted by Crippen LogP contribution is -2.16. The predicted octanol–water partition coefficient (Wildman–Crippen LogP) is 6.31. The third-order valence-electron chi connectivity index (χ3n) is 4.11. The molecular weight excluding hydrogens is 330 g/mol. The van der Waals surface area contributed by atoms with Gasteiger partial charge in [-0.15, -0.1) is 10.2 Å². The Morgan fingerprint density at radius 3 is 2.04 bits per heavy atom. The monoisotopic (exact) mass is 355 g/mol. The van der Waals surface area contributed by atoms with Crippen LogP contribution in [0.5, 0.6) is 5.75 Å². The van der Waals surface area contributed by atoms with E-state index in [1.807, 2.05) is 26.8 Å². The van der Waals surface area contributed by atoms with E-state index in [2.05, 4.69) is 31.0 Å². The number of phenols is 1. The van der Waals surface area contributed by atoms with Crippen LogP contribution in [0.1, 0.15) is 52.7 Å². The molecule has 0 aromatic heterocycles. The summed E-state index contributed by atoms with van der Waals surface area (Å²) in [6, 6.07) is 9.90. The van der Waals surface area contributed by atoms with E-state index in [-0.39, 0.29) is 28.0 Å². The molecule has 0 aliphatic heterocycles. The molecule has 0 saturated heterocycles. The van der Waals surface area contributed by atoms with Crippen molar-refractivity contribution in [3.8, 4) is 5.75 Å². The van der Waals surface area contributed by atoms with Gasteiger partial charge in [0.05, 0.1) is 4.92 Å². The zero-order chi connectivity index (χ0) is 19.7. The molecule has 0 unspecified atom stereocenters. The van der Waals surface area contributed by atoms with Crippen LogP contribution in [-0.2, 0) is 10.8 Å². The van der Waals surface area contributed by atoms with Gasteiger partial charge < -0.3 is 5.11 Å². The summed E-state index contributed by atoms with van der Waals surface area (Å²) in [7, 11) is 0. The van der Waals surface area contributed by atoms with Gasteiger partial charge in [-0.25, -0.2) is 0 Å². The zero-order valence-electron chi connectivity index (χ0n) is 16.1. The SMILES string of the molecule is CC(C)(C)c1cc(/N=N/c2ccccc2[N+](=O)[O-])c(O)c(C(C)(C)C)c1. The number of benzene rings is 2. The molecule has 6 nitrogen and oxygen atoms in total. The molecule has 138 valence electrons. The molecule has 6 heteroatoms. The van der Waals surface area contributed by atoms with Crippen LogP contribution >= 0.6 is 0 Å². The van der Waals surface area contributed by atoms with Crippen molar-refractivity contribution in [1.82, 2.24) is 0 Å². The van der Waals surface area contributed by atoms with E-state index in [0.717, 1.165) is 11.1 Å². The van der Waals surface area contributed by atoms with Crippen LogP contribution in [-0.4, -0.2) is 10.0 Å². The molecule has 2 aromatic rings. The summed E-state index contributed by atoms with van der Waals surface area (Å²) in [5.41, 5.74) is 1.68. The minimum atomic E-state index is -0.500. The number of nitro benzene ring substituents is 1. The Balaban J connectivity index is 2.61. The second-order valence-corrected chi connectivity index (χ2v) is 8.34. The lowest BCUT2D eigenvalue weighted by atomic mass is 9.80.